The summed E-state index contributed by atoms with van der Waals surface area (Å²) in [6.45, 7) is 0.687. The summed E-state index contributed by atoms with van der Waals surface area (Å²) in [7, 11) is 0. The molecule has 6 heteroatoms. The summed E-state index contributed by atoms with van der Waals surface area (Å²) in [5.41, 5.74) is 6.49. The highest BCUT2D eigenvalue weighted by atomic mass is 16.5. The van der Waals surface area contributed by atoms with Gasteiger partial charge < -0.3 is 19.3 Å². The zero-order valence-corrected chi connectivity index (χ0v) is 22.5. The van der Waals surface area contributed by atoms with Crippen LogP contribution in [0.15, 0.2) is 134 Å². The molecule has 0 atom stereocenters. The van der Waals surface area contributed by atoms with Gasteiger partial charge in [0.25, 0.3) is 0 Å². The number of benzene rings is 5. The third-order valence-electron chi connectivity index (χ3n) is 8.09. The van der Waals surface area contributed by atoms with Crippen LogP contribution < -0.4 is 19.3 Å². The topological polar surface area (TPSA) is 42.8 Å². The summed E-state index contributed by atoms with van der Waals surface area (Å²) in [6, 6.07) is 43.4. The number of nitrogens with zero attached hydrogens (tertiary/aromatic N) is 4. The van der Waals surface area contributed by atoms with Gasteiger partial charge in [0.2, 0.25) is 0 Å². The number of para-hydroxylation sites is 3. The van der Waals surface area contributed by atoms with Gasteiger partial charge in [0.15, 0.2) is 11.5 Å². The highest BCUT2D eigenvalue weighted by molar-refractivity contribution is 6.09. The van der Waals surface area contributed by atoms with Crippen LogP contribution in [-0.2, 0) is 0 Å². The van der Waals surface area contributed by atoms with E-state index in [2.05, 4.69) is 98.2 Å². The second-order valence-corrected chi connectivity index (χ2v) is 10.5. The molecule has 0 spiro atoms. The van der Waals surface area contributed by atoms with Crippen molar-refractivity contribution in [2.24, 2.45) is 0 Å². The molecular weight excluding hydrogens is 520 g/mol. The van der Waals surface area contributed by atoms with E-state index in [9.17, 15) is 0 Å². The van der Waals surface area contributed by atoms with Crippen LogP contribution >= 0.6 is 0 Å². The summed E-state index contributed by atoms with van der Waals surface area (Å²) in [4.78, 5) is 9.28. The zero-order valence-electron chi connectivity index (χ0n) is 22.5. The van der Waals surface area contributed by atoms with Crippen molar-refractivity contribution in [3.8, 4) is 28.8 Å². The fourth-order valence-electron chi connectivity index (χ4n) is 6.25. The third-order valence-corrected chi connectivity index (χ3v) is 8.09. The Morgan fingerprint density at radius 3 is 2.31 bits per heavy atom. The van der Waals surface area contributed by atoms with E-state index in [4.69, 9.17) is 9.47 Å². The predicted molar refractivity (Wildman–Crippen MR) is 167 cm³/mol. The first-order valence-electron chi connectivity index (χ1n) is 14.0. The molecule has 0 amide bonds. The molecule has 0 unspecified atom stereocenters. The molecule has 0 radical (unpaired) electrons. The smallest absolute Gasteiger partial charge is 0.153 e. The normalized spacial score (nSPS) is 13.2. The Balaban J connectivity index is 1.11. The first kappa shape index (κ1) is 23.0. The van der Waals surface area contributed by atoms with Gasteiger partial charge in [0.05, 0.1) is 22.4 Å². The molecule has 0 N–H and O–H groups in total. The lowest BCUT2D eigenvalue weighted by molar-refractivity contribution is 0.465. The molecule has 7 aromatic rings. The molecule has 42 heavy (non-hydrogen) atoms. The fraction of sp³-hybridized carbons (Fsp3) is 0.0278. The largest absolute Gasteiger partial charge is 0.457 e. The number of hydrogen-bond acceptors (Lipinski definition) is 5. The van der Waals surface area contributed by atoms with Gasteiger partial charge in [0, 0.05) is 34.8 Å². The van der Waals surface area contributed by atoms with Crippen LogP contribution in [-0.4, -0.2) is 16.2 Å². The molecule has 2 aromatic heterocycles. The van der Waals surface area contributed by atoms with Crippen LogP contribution in [0.1, 0.15) is 0 Å². The fourth-order valence-corrected chi connectivity index (χ4v) is 6.25. The molecule has 0 bridgehead atoms. The Bertz CT molecular complexity index is 2140. The number of pyridine rings is 1. The number of rotatable bonds is 4. The summed E-state index contributed by atoms with van der Waals surface area (Å²) >= 11 is 0. The summed E-state index contributed by atoms with van der Waals surface area (Å²) in [6.07, 6.45) is 1.83. The van der Waals surface area contributed by atoms with Crippen molar-refractivity contribution in [2.45, 2.75) is 0 Å². The van der Waals surface area contributed by atoms with E-state index in [-0.39, 0.29) is 0 Å². The van der Waals surface area contributed by atoms with Crippen LogP contribution in [0.5, 0.6) is 23.0 Å². The van der Waals surface area contributed by atoms with Crippen molar-refractivity contribution >= 4 is 44.6 Å². The summed E-state index contributed by atoms with van der Waals surface area (Å²) < 4.78 is 15.1. The second-order valence-electron chi connectivity index (χ2n) is 10.5. The highest BCUT2D eigenvalue weighted by Crippen LogP contribution is 2.56. The first-order chi connectivity index (χ1) is 20.8. The number of aromatic nitrogens is 2. The van der Waals surface area contributed by atoms with E-state index in [0.29, 0.717) is 6.67 Å². The number of ether oxygens (including phenoxy) is 2. The van der Waals surface area contributed by atoms with Crippen LogP contribution in [0.2, 0.25) is 0 Å². The summed E-state index contributed by atoms with van der Waals surface area (Å²) in [5.74, 6) is 4.05. The van der Waals surface area contributed by atoms with E-state index >= 15 is 0 Å². The molecule has 0 saturated carbocycles. The van der Waals surface area contributed by atoms with Crippen molar-refractivity contribution in [3.05, 3.63) is 134 Å². The maximum absolute atomic E-state index is 6.52. The SMILES string of the molecule is c1ccc(N2CN3c4cc(Oc5ccc6c7ccccc7n(-c7ccccn7)c6c5)ccc4Oc4cccc2c43)cc1. The second kappa shape index (κ2) is 8.88. The van der Waals surface area contributed by atoms with Crippen LogP contribution in [0.3, 0.4) is 0 Å². The Morgan fingerprint density at radius 2 is 1.40 bits per heavy atom. The average molecular weight is 545 g/mol. The van der Waals surface area contributed by atoms with Gasteiger partial charge in [-0.2, -0.15) is 0 Å². The molecule has 0 fully saturated rings. The van der Waals surface area contributed by atoms with Gasteiger partial charge in [0.1, 0.15) is 29.7 Å². The molecule has 5 aromatic carbocycles. The quantitative estimate of drug-likeness (QED) is 0.221. The molecule has 2 aliphatic heterocycles. The van der Waals surface area contributed by atoms with Gasteiger partial charge in [-0.3, -0.25) is 4.57 Å². The number of fused-ring (bicyclic) bond motifs is 5. The predicted octanol–water partition coefficient (Wildman–Crippen LogP) is 9.32. The standard InChI is InChI=1S/C36H24N4O2/c1-2-9-24(10-3-1)38-23-39-32-22-26(17-19-33(32)42-34-14-8-13-30(38)36(34)39)41-25-16-18-28-27-11-4-5-12-29(27)40(31(28)21-25)35-15-6-7-20-37-35/h1-22H,23H2. The Kier molecular flexibility index (Phi) is 4.86. The monoisotopic (exact) mass is 544 g/mol. The minimum Gasteiger partial charge on any atom is -0.457 e. The highest BCUT2D eigenvalue weighted by Gasteiger charge is 2.36. The van der Waals surface area contributed by atoms with E-state index in [1.54, 1.807) is 0 Å². The lowest BCUT2D eigenvalue weighted by Gasteiger charge is -2.29. The lowest BCUT2D eigenvalue weighted by atomic mass is 10.1. The average Bonchev–Trinajstić information content (AvgIpc) is 3.60. The van der Waals surface area contributed by atoms with E-state index in [1.807, 2.05) is 54.7 Å². The minimum atomic E-state index is 0.687. The maximum atomic E-state index is 6.52. The van der Waals surface area contributed by atoms with Crippen molar-refractivity contribution in [1.82, 2.24) is 9.55 Å². The van der Waals surface area contributed by atoms with Crippen molar-refractivity contribution in [2.75, 3.05) is 16.5 Å². The van der Waals surface area contributed by atoms with Gasteiger partial charge in [-0.15, -0.1) is 0 Å². The van der Waals surface area contributed by atoms with E-state index in [1.165, 1.54) is 5.39 Å². The van der Waals surface area contributed by atoms with E-state index in [0.717, 1.165) is 68.0 Å². The Labute approximate surface area is 242 Å². The van der Waals surface area contributed by atoms with Gasteiger partial charge in [-0.25, -0.2) is 4.98 Å². The van der Waals surface area contributed by atoms with Gasteiger partial charge in [-0.05, 0) is 66.7 Å². The van der Waals surface area contributed by atoms with Crippen molar-refractivity contribution < 1.29 is 9.47 Å². The van der Waals surface area contributed by atoms with Gasteiger partial charge >= 0.3 is 0 Å². The first-order valence-corrected chi connectivity index (χ1v) is 14.0. The van der Waals surface area contributed by atoms with Crippen molar-refractivity contribution in [3.63, 3.8) is 0 Å². The molecule has 2 aliphatic rings. The lowest BCUT2D eigenvalue weighted by Crippen LogP contribution is -2.25. The van der Waals surface area contributed by atoms with Crippen molar-refractivity contribution in [1.29, 1.82) is 0 Å². The van der Waals surface area contributed by atoms with Crippen LogP contribution in [0, 0.1) is 0 Å². The molecule has 4 heterocycles. The number of hydrogen-bond donors (Lipinski definition) is 0. The summed E-state index contributed by atoms with van der Waals surface area (Å²) in [5, 5.41) is 2.34. The van der Waals surface area contributed by atoms with Gasteiger partial charge in [-0.1, -0.05) is 48.5 Å². The van der Waals surface area contributed by atoms with Crippen LogP contribution in [0.25, 0.3) is 27.6 Å². The van der Waals surface area contributed by atoms with Crippen LogP contribution in [0.4, 0.5) is 22.7 Å². The molecule has 0 saturated heterocycles. The Morgan fingerprint density at radius 1 is 0.595 bits per heavy atom. The molecule has 200 valence electrons. The minimum absolute atomic E-state index is 0.687. The molecular formula is C36H24N4O2. The maximum Gasteiger partial charge on any atom is 0.153 e. The Hall–Kier alpha value is -5.75. The van der Waals surface area contributed by atoms with E-state index < -0.39 is 0 Å². The number of anilines is 4. The molecule has 0 aliphatic carbocycles. The zero-order chi connectivity index (χ0) is 27.6. The molecule has 9 rings (SSSR count). The third kappa shape index (κ3) is 3.42. The molecule has 6 nitrogen and oxygen atoms in total.